The van der Waals surface area contributed by atoms with E-state index in [4.69, 9.17) is 9.05 Å². The Kier molecular flexibility index (Phi) is 27.5. The fourth-order valence-corrected chi connectivity index (χ4v) is 6.75. The van der Waals surface area contributed by atoms with Gasteiger partial charge in [-0.25, -0.2) is 4.57 Å². The highest BCUT2D eigenvalue weighted by atomic mass is 31.2. The molecule has 8 atom stereocenters. The Morgan fingerprint density at radius 3 is 1.72 bits per heavy atom. The van der Waals surface area contributed by atoms with Gasteiger partial charge in [-0.2, -0.15) is 0 Å². The number of phosphoric ester groups is 1. The van der Waals surface area contributed by atoms with Gasteiger partial charge in [-0.15, -0.1) is 0 Å². The van der Waals surface area contributed by atoms with Crippen LogP contribution in [-0.2, 0) is 18.4 Å². The van der Waals surface area contributed by atoms with Gasteiger partial charge in [-0.05, 0) is 64.2 Å². The van der Waals surface area contributed by atoms with Crippen molar-refractivity contribution in [3.8, 4) is 0 Å². The maximum atomic E-state index is 12.9. The second kappa shape index (κ2) is 29.5. The minimum atomic E-state index is -5.15. The second-order valence-corrected chi connectivity index (χ2v) is 15.3. The van der Waals surface area contributed by atoms with E-state index in [0.717, 1.165) is 38.5 Å². The minimum absolute atomic E-state index is 0.279. The van der Waals surface area contributed by atoms with Crippen LogP contribution in [0.4, 0.5) is 0 Å². The van der Waals surface area contributed by atoms with E-state index in [1.54, 1.807) is 6.08 Å². The van der Waals surface area contributed by atoms with E-state index in [2.05, 4.69) is 49.5 Å². The smallest absolute Gasteiger partial charge is 0.393 e. The van der Waals surface area contributed by atoms with Crippen molar-refractivity contribution < 1.29 is 59.0 Å². The fourth-order valence-electron chi connectivity index (χ4n) is 5.79. The van der Waals surface area contributed by atoms with Gasteiger partial charge >= 0.3 is 7.82 Å². The first-order valence-electron chi connectivity index (χ1n) is 19.7. The minimum Gasteiger partial charge on any atom is -0.393 e. The van der Waals surface area contributed by atoms with E-state index < -0.39 is 75.2 Å². The zero-order chi connectivity index (χ0) is 39.5. The first kappa shape index (κ1) is 49.3. The number of aliphatic hydroxyl groups is 7. The summed E-state index contributed by atoms with van der Waals surface area (Å²) in [6.07, 6.45) is 18.0. The normalized spacial score (nSPS) is 25.4. The first-order chi connectivity index (χ1) is 25.3. The molecule has 0 aromatic rings. The van der Waals surface area contributed by atoms with E-state index >= 15 is 0 Å². The Labute approximate surface area is 317 Å². The van der Waals surface area contributed by atoms with Gasteiger partial charge in [0.05, 0.1) is 31.3 Å². The van der Waals surface area contributed by atoms with E-state index in [1.165, 1.54) is 51.0 Å². The van der Waals surface area contributed by atoms with E-state index in [1.807, 2.05) is 6.08 Å². The maximum absolute atomic E-state index is 12.9. The number of aliphatic hydroxyl groups excluding tert-OH is 7. The molecule has 14 heteroatoms. The molecule has 0 aromatic heterocycles. The Bertz CT molecular complexity index is 1100. The number of amides is 1. The zero-order valence-corrected chi connectivity index (χ0v) is 32.8. The number of hydrogen-bond acceptors (Lipinski definition) is 11. The molecule has 0 saturated heterocycles. The van der Waals surface area contributed by atoms with Crippen LogP contribution in [0.3, 0.4) is 0 Å². The zero-order valence-electron chi connectivity index (χ0n) is 31.9. The second-order valence-electron chi connectivity index (χ2n) is 13.9. The number of carbonyl (C=O) groups is 1. The predicted octanol–water partition coefficient (Wildman–Crippen LogP) is 4.80. The summed E-state index contributed by atoms with van der Waals surface area (Å²) in [5.41, 5.74) is 0. The molecule has 1 aliphatic carbocycles. The lowest BCUT2D eigenvalue weighted by Crippen LogP contribution is -2.64. The highest BCUT2D eigenvalue weighted by molar-refractivity contribution is 7.47. The molecule has 308 valence electrons. The van der Waals surface area contributed by atoms with Crippen molar-refractivity contribution in [2.45, 2.75) is 184 Å². The Morgan fingerprint density at radius 2 is 1.13 bits per heavy atom. The number of hydrogen-bond donors (Lipinski definition) is 9. The van der Waals surface area contributed by atoms with Crippen molar-refractivity contribution in [3.63, 3.8) is 0 Å². The standard InChI is InChI=1S/C39H70NO12P/c1-3-5-7-9-11-13-15-17-19-21-23-25-27-32(42)31(29-51-53(49,50)52-39-37(47)35(45)34(44)36(46)38(39)48)40-33(43)28-30(41)26-24-22-20-18-16-14-12-10-8-6-4-2/h9,11,17-20,25,27,30-32,34-39,41-42,44-48H,3-8,10,12-16,21-24,26,28-29H2,1-2H3,(H,40,43)(H,49,50)/b11-9+,19-17+,20-18-,27-25+. The number of carbonyl (C=O) groups excluding carboxylic acids is 1. The van der Waals surface area contributed by atoms with Crippen molar-refractivity contribution >= 4 is 13.7 Å². The van der Waals surface area contributed by atoms with Crippen LogP contribution >= 0.6 is 7.82 Å². The molecule has 9 N–H and O–H groups in total. The summed E-state index contributed by atoms with van der Waals surface area (Å²) >= 11 is 0. The molecular weight excluding hydrogens is 705 g/mol. The molecule has 0 aliphatic heterocycles. The van der Waals surface area contributed by atoms with Crippen LogP contribution in [0.15, 0.2) is 48.6 Å². The molecule has 0 radical (unpaired) electrons. The summed E-state index contributed by atoms with van der Waals surface area (Å²) in [7, 11) is -5.15. The number of nitrogens with one attached hydrogen (secondary N) is 1. The van der Waals surface area contributed by atoms with Crippen LogP contribution in [0.5, 0.6) is 0 Å². The van der Waals surface area contributed by atoms with Crippen LogP contribution < -0.4 is 5.32 Å². The van der Waals surface area contributed by atoms with Crippen LogP contribution in [0.2, 0.25) is 0 Å². The summed E-state index contributed by atoms with van der Waals surface area (Å²) in [5, 5.41) is 73.9. The Morgan fingerprint density at radius 1 is 0.660 bits per heavy atom. The third-order valence-electron chi connectivity index (χ3n) is 9.11. The Balaban J connectivity index is 2.72. The van der Waals surface area contributed by atoms with Crippen LogP contribution in [0.25, 0.3) is 0 Å². The van der Waals surface area contributed by atoms with E-state index in [0.29, 0.717) is 25.7 Å². The lowest BCUT2D eigenvalue weighted by atomic mass is 9.85. The van der Waals surface area contributed by atoms with Gasteiger partial charge in [0.25, 0.3) is 0 Å². The lowest BCUT2D eigenvalue weighted by Gasteiger charge is -2.41. The Hall–Kier alpha value is -1.74. The van der Waals surface area contributed by atoms with Crippen LogP contribution in [0.1, 0.15) is 129 Å². The molecule has 53 heavy (non-hydrogen) atoms. The van der Waals surface area contributed by atoms with Gasteiger partial charge in [0, 0.05) is 0 Å². The van der Waals surface area contributed by atoms with Crippen molar-refractivity contribution in [2.24, 2.45) is 0 Å². The molecule has 8 unspecified atom stereocenters. The molecule has 0 aromatic carbocycles. The van der Waals surface area contributed by atoms with Gasteiger partial charge < -0.3 is 46.0 Å². The molecule has 1 aliphatic rings. The highest BCUT2D eigenvalue weighted by Gasteiger charge is 2.51. The number of rotatable bonds is 30. The monoisotopic (exact) mass is 775 g/mol. The topological polar surface area (TPSA) is 226 Å². The average Bonchev–Trinajstić information content (AvgIpc) is 3.12. The van der Waals surface area contributed by atoms with Crippen molar-refractivity contribution in [1.82, 2.24) is 5.32 Å². The fraction of sp³-hybridized carbons (Fsp3) is 0.769. The summed E-state index contributed by atoms with van der Waals surface area (Å²) in [4.78, 5) is 23.2. The van der Waals surface area contributed by atoms with Crippen molar-refractivity contribution in [1.29, 1.82) is 0 Å². The molecule has 0 spiro atoms. The molecule has 13 nitrogen and oxygen atoms in total. The number of phosphoric acid groups is 1. The summed E-state index contributed by atoms with van der Waals surface area (Å²) < 4.78 is 22.7. The molecule has 1 rings (SSSR count). The third-order valence-corrected chi connectivity index (χ3v) is 10.1. The van der Waals surface area contributed by atoms with Gasteiger partial charge in [-0.3, -0.25) is 13.8 Å². The highest BCUT2D eigenvalue weighted by Crippen LogP contribution is 2.47. The maximum Gasteiger partial charge on any atom is 0.472 e. The number of unbranched alkanes of at least 4 members (excludes halogenated alkanes) is 11. The summed E-state index contributed by atoms with van der Waals surface area (Å²) in [6.45, 7) is 3.60. The van der Waals surface area contributed by atoms with Gasteiger partial charge in [0.1, 0.15) is 36.6 Å². The van der Waals surface area contributed by atoms with Crippen LogP contribution in [-0.4, -0.2) is 108 Å². The molecule has 1 amide bonds. The third kappa shape index (κ3) is 22.4. The SMILES string of the molecule is CCCC/C=C/CC/C=C/CC/C=C/C(O)C(COP(=O)(O)OC1C(O)C(O)C(O)C(O)C1O)NC(=O)CC(O)CCC/C=C\CCCCCCCC. The molecule has 1 fully saturated rings. The van der Waals surface area contributed by atoms with Crippen LogP contribution in [0, 0.1) is 0 Å². The van der Waals surface area contributed by atoms with Crippen molar-refractivity contribution in [3.05, 3.63) is 48.6 Å². The van der Waals surface area contributed by atoms with Gasteiger partial charge in [-0.1, -0.05) is 107 Å². The van der Waals surface area contributed by atoms with E-state index in [-0.39, 0.29) is 6.42 Å². The lowest BCUT2D eigenvalue weighted by molar-refractivity contribution is -0.220. The van der Waals surface area contributed by atoms with Crippen molar-refractivity contribution in [2.75, 3.05) is 6.61 Å². The van der Waals surface area contributed by atoms with E-state index in [9.17, 15) is 50.0 Å². The molecule has 1 saturated carbocycles. The van der Waals surface area contributed by atoms with Gasteiger partial charge in [0.2, 0.25) is 5.91 Å². The first-order valence-corrected chi connectivity index (χ1v) is 21.2. The summed E-state index contributed by atoms with van der Waals surface area (Å²) in [5.74, 6) is -0.629. The quantitative estimate of drug-likeness (QED) is 0.0273. The molecule has 0 bridgehead atoms. The summed E-state index contributed by atoms with van der Waals surface area (Å²) in [6, 6.07) is -1.27. The largest absolute Gasteiger partial charge is 0.472 e. The number of allylic oxidation sites excluding steroid dienone is 7. The molecule has 0 heterocycles. The molecular formula is C39H70NO12P. The average molecular weight is 776 g/mol. The predicted molar refractivity (Wildman–Crippen MR) is 206 cm³/mol. The van der Waals surface area contributed by atoms with Gasteiger partial charge in [0.15, 0.2) is 0 Å².